The molecule has 0 N–H and O–H groups in total. The van der Waals surface area contributed by atoms with E-state index in [0.29, 0.717) is 12.0 Å². The van der Waals surface area contributed by atoms with Crippen LogP contribution in [0.25, 0.3) is 0 Å². The predicted octanol–water partition coefficient (Wildman–Crippen LogP) is 1.43. The van der Waals surface area contributed by atoms with Crippen LogP contribution in [0.5, 0.6) is 0 Å². The quantitative estimate of drug-likeness (QED) is 0.539. The van der Waals surface area contributed by atoms with E-state index in [0.717, 1.165) is 0 Å². The minimum Gasteiger partial charge on any atom is -0.461 e. The summed E-state index contributed by atoms with van der Waals surface area (Å²) in [5.74, 6) is -1.65. The van der Waals surface area contributed by atoms with E-state index in [1.807, 2.05) is 13.0 Å². The number of carbonyl (C=O) groups excluding carboxylic acids is 3. The van der Waals surface area contributed by atoms with Gasteiger partial charge in [0.2, 0.25) is 0 Å². The summed E-state index contributed by atoms with van der Waals surface area (Å²) in [6, 6.07) is 0. The SMILES string of the molecule is C=C1C(=O)O[C@@H]2CC(C)C3C=CC(=O)[C@H]3C(OC(C)=O)[C@H]12. The Morgan fingerprint density at radius 2 is 2.10 bits per heavy atom. The van der Waals surface area contributed by atoms with Crippen molar-refractivity contribution in [3.05, 3.63) is 24.3 Å². The van der Waals surface area contributed by atoms with E-state index in [2.05, 4.69) is 6.58 Å². The molecule has 0 spiro atoms. The molecule has 1 heterocycles. The summed E-state index contributed by atoms with van der Waals surface area (Å²) in [6.45, 7) is 7.13. The first-order valence-corrected chi connectivity index (χ1v) is 7.19. The molecule has 0 aromatic heterocycles. The van der Waals surface area contributed by atoms with Crippen LogP contribution in [0.15, 0.2) is 24.3 Å². The van der Waals surface area contributed by atoms with Gasteiger partial charge < -0.3 is 9.47 Å². The predicted molar refractivity (Wildman–Crippen MR) is 73.0 cm³/mol. The van der Waals surface area contributed by atoms with Gasteiger partial charge in [0.1, 0.15) is 12.2 Å². The van der Waals surface area contributed by atoms with Gasteiger partial charge in [0, 0.05) is 12.5 Å². The fraction of sp³-hybridized carbons (Fsp3) is 0.562. The van der Waals surface area contributed by atoms with E-state index in [1.54, 1.807) is 6.08 Å². The third-order valence-corrected chi connectivity index (χ3v) is 4.82. The van der Waals surface area contributed by atoms with E-state index >= 15 is 0 Å². The zero-order valence-corrected chi connectivity index (χ0v) is 12.1. The van der Waals surface area contributed by atoms with E-state index in [-0.39, 0.29) is 23.7 Å². The Kier molecular flexibility index (Phi) is 3.23. The van der Waals surface area contributed by atoms with Crippen LogP contribution in [0, 0.1) is 23.7 Å². The van der Waals surface area contributed by atoms with E-state index in [4.69, 9.17) is 9.47 Å². The van der Waals surface area contributed by atoms with Crippen molar-refractivity contribution in [3.63, 3.8) is 0 Å². The summed E-state index contributed by atoms with van der Waals surface area (Å²) < 4.78 is 10.8. The highest BCUT2D eigenvalue weighted by Gasteiger charge is 2.55. The van der Waals surface area contributed by atoms with Crippen LogP contribution in [0.2, 0.25) is 0 Å². The molecule has 5 nitrogen and oxygen atoms in total. The van der Waals surface area contributed by atoms with Gasteiger partial charge in [0.05, 0.1) is 11.8 Å². The highest BCUT2D eigenvalue weighted by molar-refractivity contribution is 5.96. The smallest absolute Gasteiger partial charge is 0.334 e. The highest BCUT2D eigenvalue weighted by atomic mass is 16.6. The molecule has 1 saturated heterocycles. The Hall–Kier alpha value is -1.91. The molecular formula is C16H18O5. The Balaban J connectivity index is 2.04. The number of hydrogen-bond acceptors (Lipinski definition) is 5. The van der Waals surface area contributed by atoms with Gasteiger partial charge in [-0.3, -0.25) is 9.59 Å². The lowest BCUT2D eigenvalue weighted by molar-refractivity contribution is -0.154. The standard InChI is InChI=1S/C16H18O5/c1-7-6-12-13(8(2)16(19)21-12)15(20-9(3)17)14-10(7)4-5-11(14)18/h4-5,7,10,12-15H,2,6H2,1,3H3/t7?,10?,12-,13-,14+,15?/m1/s1. The van der Waals surface area contributed by atoms with Gasteiger partial charge in [0.15, 0.2) is 5.78 Å². The maximum atomic E-state index is 12.2. The largest absolute Gasteiger partial charge is 0.461 e. The molecule has 0 radical (unpaired) electrons. The number of allylic oxidation sites excluding steroid dienone is 2. The van der Waals surface area contributed by atoms with Gasteiger partial charge in [-0.25, -0.2) is 4.79 Å². The summed E-state index contributed by atoms with van der Waals surface area (Å²) in [6.07, 6.45) is 3.05. The topological polar surface area (TPSA) is 69.7 Å². The second-order valence-corrected chi connectivity index (χ2v) is 6.15. The summed E-state index contributed by atoms with van der Waals surface area (Å²) >= 11 is 0. The third kappa shape index (κ3) is 2.11. The number of rotatable bonds is 1. The fourth-order valence-corrected chi connectivity index (χ4v) is 3.89. The molecule has 0 aromatic rings. The van der Waals surface area contributed by atoms with Crippen molar-refractivity contribution >= 4 is 17.7 Å². The average Bonchev–Trinajstić information content (AvgIpc) is 2.86. The molecule has 3 rings (SSSR count). The summed E-state index contributed by atoms with van der Waals surface area (Å²) in [5, 5.41) is 0. The Morgan fingerprint density at radius 1 is 1.38 bits per heavy atom. The number of ketones is 1. The number of carbonyl (C=O) groups is 3. The van der Waals surface area contributed by atoms with E-state index in [1.165, 1.54) is 6.92 Å². The van der Waals surface area contributed by atoms with Crippen LogP contribution < -0.4 is 0 Å². The molecule has 0 bridgehead atoms. The Bertz CT molecular complexity index is 561. The van der Waals surface area contributed by atoms with Gasteiger partial charge >= 0.3 is 11.9 Å². The van der Waals surface area contributed by atoms with Crippen LogP contribution in [0.1, 0.15) is 20.3 Å². The Morgan fingerprint density at radius 3 is 2.76 bits per heavy atom. The fourth-order valence-electron chi connectivity index (χ4n) is 3.89. The zero-order chi connectivity index (χ0) is 15.3. The number of ether oxygens (including phenoxy) is 2. The van der Waals surface area contributed by atoms with Crippen molar-refractivity contribution in [3.8, 4) is 0 Å². The van der Waals surface area contributed by atoms with Crippen molar-refractivity contribution < 1.29 is 23.9 Å². The molecular weight excluding hydrogens is 272 g/mol. The summed E-state index contributed by atoms with van der Waals surface area (Å²) in [4.78, 5) is 35.5. The van der Waals surface area contributed by atoms with Crippen LogP contribution >= 0.6 is 0 Å². The van der Waals surface area contributed by atoms with Crippen LogP contribution in [-0.2, 0) is 23.9 Å². The van der Waals surface area contributed by atoms with Crippen molar-refractivity contribution in [2.45, 2.75) is 32.5 Å². The Labute approximate surface area is 123 Å². The molecule has 1 saturated carbocycles. The van der Waals surface area contributed by atoms with Gasteiger partial charge in [0.25, 0.3) is 0 Å². The van der Waals surface area contributed by atoms with Crippen LogP contribution in [0.3, 0.4) is 0 Å². The first kappa shape index (κ1) is 14.0. The molecule has 0 aromatic carbocycles. The molecule has 2 fully saturated rings. The molecule has 3 aliphatic rings. The summed E-state index contributed by atoms with van der Waals surface area (Å²) in [7, 11) is 0. The lowest BCUT2D eigenvalue weighted by Gasteiger charge is -2.29. The van der Waals surface area contributed by atoms with Crippen molar-refractivity contribution in [1.82, 2.24) is 0 Å². The van der Waals surface area contributed by atoms with E-state index < -0.39 is 29.9 Å². The minimum atomic E-state index is -0.677. The third-order valence-electron chi connectivity index (χ3n) is 4.82. The normalized spacial score (nSPS) is 41.3. The molecule has 21 heavy (non-hydrogen) atoms. The van der Waals surface area contributed by atoms with Crippen LogP contribution in [0.4, 0.5) is 0 Å². The van der Waals surface area contributed by atoms with Gasteiger partial charge in [-0.1, -0.05) is 19.6 Å². The molecule has 5 heteroatoms. The van der Waals surface area contributed by atoms with Crippen molar-refractivity contribution in [1.29, 1.82) is 0 Å². The molecule has 2 aliphatic carbocycles. The van der Waals surface area contributed by atoms with Crippen molar-refractivity contribution in [2.24, 2.45) is 23.7 Å². The number of esters is 2. The minimum absolute atomic E-state index is 0.0129. The summed E-state index contributed by atoms with van der Waals surface area (Å²) in [5.41, 5.74) is 0.304. The van der Waals surface area contributed by atoms with Gasteiger partial charge in [-0.15, -0.1) is 0 Å². The first-order valence-electron chi connectivity index (χ1n) is 7.19. The first-order chi connectivity index (χ1) is 9.90. The van der Waals surface area contributed by atoms with Gasteiger partial charge in [-0.05, 0) is 24.3 Å². The maximum Gasteiger partial charge on any atom is 0.334 e. The lowest BCUT2D eigenvalue weighted by Crippen LogP contribution is -2.40. The lowest BCUT2D eigenvalue weighted by atomic mass is 9.79. The number of hydrogen-bond donors (Lipinski definition) is 0. The number of fused-ring (bicyclic) bond motifs is 2. The van der Waals surface area contributed by atoms with Gasteiger partial charge in [-0.2, -0.15) is 0 Å². The van der Waals surface area contributed by atoms with E-state index in [9.17, 15) is 14.4 Å². The average molecular weight is 290 g/mol. The monoisotopic (exact) mass is 290 g/mol. The molecule has 112 valence electrons. The maximum absolute atomic E-state index is 12.2. The molecule has 0 amide bonds. The second kappa shape index (κ2) is 4.83. The molecule has 6 atom stereocenters. The second-order valence-electron chi connectivity index (χ2n) is 6.15. The van der Waals surface area contributed by atoms with Crippen molar-refractivity contribution in [2.75, 3.05) is 0 Å². The zero-order valence-electron chi connectivity index (χ0n) is 12.1. The van der Waals surface area contributed by atoms with Crippen LogP contribution in [-0.4, -0.2) is 29.9 Å². The molecule has 3 unspecified atom stereocenters. The molecule has 1 aliphatic heterocycles. The highest BCUT2D eigenvalue weighted by Crippen LogP contribution is 2.47.